The van der Waals surface area contributed by atoms with E-state index in [0.717, 1.165) is 61.1 Å². The number of rotatable bonds is 13. The van der Waals surface area contributed by atoms with Crippen LogP contribution in [0.2, 0.25) is 5.02 Å². The molecule has 66 heavy (non-hydrogen) atoms. The van der Waals surface area contributed by atoms with Crippen LogP contribution in [-0.2, 0) is 19.4 Å². The van der Waals surface area contributed by atoms with Crippen molar-refractivity contribution in [3.05, 3.63) is 82.3 Å². The molecule has 0 saturated carbocycles. The van der Waals surface area contributed by atoms with Gasteiger partial charge in [-0.05, 0) is 102 Å². The number of hydrogen-bond acceptors (Lipinski definition) is 14. The molecule has 348 valence electrons. The van der Waals surface area contributed by atoms with Crippen LogP contribution >= 0.6 is 11.6 Å². The maximum absolute atomic E-state index is 15.7. The minimum atomic E-state index is -3.60. The Bertz CT molecular complexity index is 2740. The topological polar surface area (TPSA) is 186 Å². The molecule has 4 amide bonds. The van der Waals surface area contributed by atoms with Crippen molar-refractivity contribution >= 4 is 79.6 Å². The highest BCUT2D eigenvalue weighted by Gasteiger charge is 2.48. The zero-order valence-corrected chi connectivity index (χ0v) is 39.0. The average Bonchev–Trinajstić information content (AvgIpc) is 3.51. The van der Waals surface area contributed by atoms with E-state index in [0.29, 0.717) is 36.1 Å². The fraction of sp³-hybridized carbons (Fsp3) is 0.447. The molecule has 6 aliphatic rings. The second-order valence-electron chi connectivity index (χ2n) is 18.4. The van der Waals surface area contributed by atoms with Crippen LogP contribution < -0.4 is 30.5 Å². The van der Waals surface area contributed by atoms with E-state index in [2.05, 4.69) is 48.7 Å². The van der Waals surface area contributed by atoms with Gasteiger partial charge in [0.25, 0.3) is 11.8 Å². The van der Waals surface area contributed by atoms with Gasteiger partial charge in [-0.1, -0.05) is 23.7 Å². The number of nitrogens with one attached hydrogen (secondary N) is 3. The van der Waals surface area contributed by atoms with Gasteiger partial charge in [0, 0.05) is 63.0 Å². The second kappa shape index (κ2) is 17.8. The van der Waals surface area contributed by atoms with Gasteiger partial charge in [0.2, 0.25) is 17.8 Å². The number of carbonyl (C=O) groups excluding carboxylic acids is 4. The molecule has 3 atom stereocenters. The molecule has 0 aliphatic carbocycles. The molecular formula is C47H53ClFN9O7S. The molecule has 3 unspecified atom stereocenters. The standard InChI is InChI=1S/C47H53ClFN9O7S/c1-25(2)65-40-20-38(27(5)16-36(40)52-47-50-21-33(48)43(54-47)51-35-8-6-7-9-41(35)66(63,64)26(3)4)55-14-12-28(13-15-55)22-57-29-17-30(57)24-56(23-29)39-19-32-31(18-34(39)49)45(61)58(46(32)62)37-10-11-42(59)53-44(37)60/h6-9,16,18-21,25-26,28-30,37H,10-15,17,22-24H2,1-5H3,(H,53,59,60)(H2,50,51,52,54). The van der Waals surface area contributed by atoms with E-state index in [1.165, 1.54) is 12.3 Å². The molecule has 6 aliphatic heterocycles. The van der Waals surface area contributed by atoms with Gasteiger partial charge in [0.15, 0.2) is 15.7 Å². The Morgan fingerprint density at radius 1 is 0.894 bits per heavy atom. The molecular weight excluding hydrogens is 889 g/mol. The third-order valence-electron chi connectivity index (χ3n) is 13.3. The van der Waals surface area contributed by atoms with Crippen LogP contribution in [0.4, 0.5) is 38.9 Å². The van der Waals surface area contributed by atoms with Crippen LogP contribution in [0.3, 0.4) is 0 Å². The molecule has 4 aromatic rings. The molecule has 5 fully saturated rings. The number of aromatic nitrogens is 2. The van der Waals surface area contributed by atoms with Crippen LogP contribution in [0.1, 0.15) is 86.1 Å². The first kappa shape index (κ1) is 45.3. The second-order valence-corrected chi connectivity index (χ2v) is 21.3. The average molecular weight is 943 g/mol. The number of imide groups is 2. The number of nitrogens with zero attached hydrogens (tertiary/aromatic N) is 6. The van der Waals surface area contributed by atoms with Crippen LogP contribution in [0, 0.1) is 18.7 Å². The van der Waals surface area contributed by atoms with E-state index in [9.17, 15) is 27.6 Å². The number of para-hydroxylation sites is 1. The van der Waals surface area contributed by atoms with Crippen LogP contribution in [0.5, 0.6) is 5.75 Å². The fourth-order valence-corrected chi connectivity index (χ4v) is 11.2. The predicted molar refractivity (Wildman–Crippen MR) is 248 cm³/mol. The van der Waals surface area contributed by atoms with Gasteiger partial charge in [-0.25, -0.2) is 17.8 Å². The highest BCUT2D eigenvalue weighted by atomic mass is 35.5. The number of piperidine rings is 3. The number of fused-ring (bicyclic) bond motifs is 3. The summed E-state index contributed by atoms with van der Waals surface area (Å²) in [7, 11) is -3.60. The molecule has 7 heterocycles. The highest BCUT2D eigenvalue weighted by Crippen LogP contribution is 2.41. The number of sulfone groups is 1. The van der Waals surface area contributed by atoms with Gasteiger partial charge in [0.1, 0.15) is 22.6 Å². The number of anilines is 6. The zero-order valence-electron chi connectivity index (χ0n) is 37.4. The largest absolute Gasteiger partial charge is 0.489 e. The molecule has 2 bridgehead atoms. The summed E-state index contributed by atoms with van der Waals surface area (Å²) >= 11 is 6.52. The Labute approximate surface area is 388 Å². The van der Waals surface area contributed by atoms with Gasteiger partial charge in [-0.2, -0.15) is 4.98 Å². The van der Waals surface area contributed by atoms with E-state index in [-0.39, 0.29) is 69.5 Å². The monoisotopic (exact) mass is 941 g/mol. The van der Waals surface area contributed by atoms with Crippen molar-refractivity contribution in [2.75, 3.05) is 53.2 Å². The summed E-state index contributed by atoms with van der Waals surface area (Å²) in [5.74, 6) is -1.51. The highest BCUT2D eigenvalue weighted by molar-refractivity contribution is 7.92. The van der Waals surface area contributed by atoms with Gasteiger partial charge in [-0.3, -0.25) is 34.3 Å². The van der Waals surface area contributed by atoms with Gasteiger partial charge < -0.3 is 25.2 Å². The SMILES string of the molecule is Cc1cc(Nc2ncc(Cl)c(Nc3ccccc3S(=O)(=O)C(C)C)n2)c(OC(C)C)cc1N1CCC(CN2C3CC2CN(c2cc4c(cc2F)C(=O)N(C2CCC(=O)NC2=O)C4=O)C3)CC1. The lowest BCUT2D eigenvalue weighted by Gasteiger charge is -2.58. The van der Waals surface area contributed by atoms with Gasteiger partial charge in [0.05, 0.1) is 50.6 Å². The molecule has 5 saturated heterocycles. The minimum absolute atomic E-state index is 0.0103. The Morgan fingerprint density at radius 2 is 1.59 bits per heavy atom. The normalized spacial score (nSPS) is 21.3. The maximum atomic E-state index is 15.7. The quantitative estimate of drug-likeness (QED) is 0.122. The Morgan fingerprint density at radius 3 is 2.27 bits per heavy atom. The first-order valence-electron chi connectivity index (χ1n) is 22.5. The molecule has 16 nitrogen and oxygen atoms in total. The lowest BCUT2D eigenvalue weighted by atomic mass is 9.84. The molecule has 0 spiro atoms. The van der Waals surface area contributed by atoms with E-state index >= 15 is 4.39 Å². The number of amides is 4. The number of piperazine rings is 1. The maximum Gasteiger partial charge on any atom is 0.262 e. The van der Waals surface area contributed by atoms with Crippen LogP contribution in [0.25, 0.3) is 0 Å². The van der Waals surface area contributed by atoms with E-state index in [1.54, 1.807) is 38.1 Å². The molecule has 0 radical (unpaired) electrons. The Kier molecular flexibility index (Phi) is 12.2. The number of carbonyl (C=O) groups is 4. The summed E-state index contributed by atoms with van der Waals surface area (Å²) < 4.78 is 48.3. The smallest absolute Gasteiger partial charge is 0.262 e. The van der Waals surface area contributed by atoms with Gasteiger partial charge >= 0.3 is 0 Å². The van der Waals surface area contributed by atoms with Crippen molar-refractivity contribution in [3.8, 4) is 5.75 Å². The van der Waals surface area contributed by atoms with E-state index in [4.69, 9.17) is 16.3 Å². The third-order valence-corrected chi connectivity index (χ3v) is 15.8. The molecule has 3 N–H and O–H groups in total. The number of aryl methyl sites for hydroxylation is 1. The number of hydrogen-bond donors (Lipinski definition) is 3. The summed E-state index contributed by atoms with van der Waals surface area (Å²) in [6.07, 6.45) is 4.38. The van der Waals surface area contributed by atoms with Crippen LogP contribution in [0.15, 0.2) is 59.6 Å². The molecule has 19 heteroatoms. The lowest BCUT2D eigenvalue weighted by molar-refractivity contribution is -0.136. The van der Waals surface area contributed by atoms with E-state index in [1.807, 2.05) is 24.8 Å². The van der Waals surface area contributed by atoms with Crippen molar-refractivity contribution in [1.82, 2.24) is 25.1 Å². The third kappa shape index (κ3) is 8.54. The number of ether oxygens (including phenoxy) is 1. The molecule has 3 aromatic carbocycles. The summed E-state index contributed by atoms with van der Waals surface area (Å²) in [6, 6.07) is 12.7. The number of benzene rings is 3. The predicted octanol–water partition coefficient (Wildman–Crippen LogP) is 6.61. The summed E-state index contributed by atoms with van der Waals surface area (Å²) in [4.78, 5) is 67.9. The van der Waals surface area contributed by atoms with Crippen molar-refractivity contribution in [1.29, 1.82) is 0 Å². The van der Waals surface area contributed by atoms with Crippen molar-refractivity contribution in [2.45, 2.75) is 101 Å². The van der Waals surface area contributed by atoms with Gasteiger partial charge in [-0.15, -0.1) is 0 Å². The fourth-order valence-electron chi connectivity index (χ4n) is 9.86. The Balaban J connectivity index is 0.829. The summed E-state index contributed by atoms with van der Waals surface area (Å²) in [5.41, 5.74) is 3.43. The first-order chi connectivity index (χ1) is 31.5. The molecule has 10 rings (SSSR count). The van der Waals surface area contributed by atoms with Crippen molar-refractivity contribution in [2.24, 2.45) is 5.92 Å². The Hall–Kier alpha value is -5.85. The van der Waals surface area contributed by atoms with Crippen molar-refractivity contribution in [3.63, 3.8) is 0 Å². The van der Waals surface area contributed by atoms with Crippen LogP contribution in [-0.4, -0.2) is 114 Å². The zero-order chi connectivity index (χ0) is 46.8. The lowest BCUT2D eigenvalue weighted by Crippen LogP contribution is -2.69. The minimum Gasteiger partial charge on any atom is -0.489 e. The summed E-state index contributed by atoms with van der Waals surface area (Å²) in [5, 5.41) is 8.21. The molecule has 1 aromatic heterocycles. The number of halogens is 2. The van der Waals surface area contributed by atoms with E-state index < -0.39 is 50.6 Å². The van der Waals surface area contributed by atoms with Crippen molar-refractivity contribution < 1.29 is 36.7 Å². The first-order valence-corrected chi connectivity index (χ1v) is 24.4. The summed E-state index contributed by atoms with van der Waals surface area (Å²) in [6.45, 7) is 13.1.